The zero-order valence-electron chi connectivity index (χ0n) is 13.7. The molecule has 1 aliphatic carbocycles. The number of carboxylic acids is 1. The van der Waals surface area contributed by atoms with Crippen molar-refractivity contribution in [3.05, 3.63) is 70.6 Å². The Bertz CT molecular complexity index is 755. The molecule has 1 atom stereocenters. The van der Waals surface area contributed by atoms with Crippen molar-refractivity contribution in [2.45, 2.75) is 38.5 Å². The average molecular weight is 309 g/mol. The Labute approximate surface area is 137 Å². The lowest BCUT2D eigenvalue weighted by Crippen LogP contribution is -2.11. The first-order valence-electron chi connectivity index (χ1n) is 8.17. The molecule has 0 bridgehead atoms. The van der Waals surface area contributed by atoms with E-state index < -0.39 is 5.97 Å². The third-order valence-corrected chi connectivity index (χ3v) is 4.75. The molecule has 0 spiro atoms. The first-order chi connectivity index (χ1) is 11.1. The van der Waals surface area contributed by atoms with Gasteiger partial charge in [0.2, 0.25) is 0 Å². The van der Waals surface area contributed by atoms with E-state index in [4.69, 9.17) is 5.11 Å². The summed E-state index contributed by atoms with van der Waals surface area (Å²) in [6, 6.07) is 10.7. The smallest absolute Gasteiger partial charge is 0.303 e. The van der Waals surface area contributed by atoms with Gasteiger partial charge in [0, 0.05) is 37.2 Å². The molecule has 1 heterocycles. The molecule has 0 amide bonds. The summed E-state index contributed by atoms with van der Waals surface area (Å²) in [5.41, 5.74) is 6.37. The second-order valence-corrected chi connectivity index (χ2v) is 6.38. The minimum absolute atomic E-state index is 0.126. The number of carboxylic acid groups (broad SMARTS) is 1. The molecule has 1 aliphatic rings. The van der Waals surface area contributed by atoms with E-state index in [2.05, 4.69) is 61.0 Å². The summed E-state index contributed by atoms with van der Waals surface area (Å²) in [4.78, 5) is 11.1. The summed E-state index contributed by atoms with van der Waals surface area (Å²) in [5, 5.41) is 9.13. The minimum Gasteiger partial charge on any atom is -0.481 e. The Hall–Kier alpha value is -2.29. The van der Waals surface area contributed by atoms with Crippen LogP contribution < -0.4 is 0 Å². The van der Waals surface area contributed by atoms with E-state index >= 15 is 0 Å². The van der Waals surface area contributed by atoms with Crippen molar-refractivity contribution in [2.24, 2.45) is 7.05 Å². The molecular formula is C20H23NO2. The number of fused-ring (bicyclic) bond motifs is 1. The molecule has 2 aromatic rings. The fraction of sp³-hybridized carbons (Fsp3) is 0.350. The van der Waals surface area contributed by atoms with Gasteiger partial charge in [-0.15, -0.1) is 0 Å². The molecule has 3 rings (SSSR count). The predicted molar refractivity (Wildman–Crippen MR) is 91.9 cm³/mol. The lowest BCUT2D eigenvalue weighted by molar-refractivity contribution is -0.137. The Kier molecular flexibility index (Phi) is 4.37. The summed E-state index contributed by atoms with van der Waals surface area (Å²) < 4.78 is 2.27. The Morgan fingerprint density at radius 3 is 2.74 bits per heavy atom. The first kappa shape index (κ1) is 15.6. The number of carbonyl (C=O) groups is 1. The van der Waals surface area contributed by atoms with Crippen LogP contribution in [0.3, 0.4) is 0 Å². The fourth-order valence-electron chi connectivity index (χ4n) is 3.55. The molecule has 1 unspecified atom stereocenters. The summed E-state index contributed by atoms with van der Waals surface area (Å²) in [6.45, 7) is 2.08. The van der Waals surface area contributed by atoms with Crippen LogP contribution in [0.15, 0.2) is 42.5 Å². The third-order valence-electron chi connectivity index (χ3n) is 4.75. The molecule has 0 saturated carbocycles. The highest BCUT2D eigenvalue weighted by atomic mass is 16.4. The standard InChI is InChI=1S/C20H23NO2/c1-14-6-5-8-15(12-14)17(10-11-20(22)23)19-13-16-7-3-4-9-18(16)21(19)2/h3-6,8,12-13,17H,7,9-11H2,1-2H3,(H,22,23). The van der Waals surface area contributed by atoms with Gasteiger partial charge >= 0.3 is 5.97 Å². The molecule has 0 radical (unpaired) electrons. The normalized spacial score (nSPS) is 14.5. The number of rotatable bonds is 5. The van der Waals surface area contributed by atoms with Gasteiger partial charge in [-0.3, -0.25) is 4.79 Å². The van der Waals surface area contributed by atoms with Gasteiger partial charge in [0.05, 0.1) is 0 Å². The maximum atomic E-state index is 11.1. The van der Waals surface area contributed by atoms with Gasteiger partial charge in [0.15, 0.2) is 0 Å². The van der Waals surface area contributed by atoms with Crippen molar-refractivity contribution in [3.63, 3.8) is 0 Å². The van der Waals surface area contributed by atoms with Gasteiger partial charge in [-0.25, -0.2) is 0 Å². The van der Waals surface area contributed by atoms with Crippen molar-refractivity contribution in [2.75, 3.05) is 0 Å². The third kappa shape index (κ3) is 3.24. The van der Waals surface area contributed by atoms with Crippen LogP contribution in [-0.4, -0.2) is 15.6 Å². The van der Waals surface area contributed by atoms with Crippen LogP contribution in [0.4, 0.5) is 0 Å². The highest BCUT2D eigenvalue weighted by Gasteiger charge is 2.22. The Balaban J connectivity index is 2.01. The van der Waals surface area contributed by atoms with Crippen molar-refractivity contribution < 1.29 is 9.90 Å². The number of aryl methyl sites for hydroxylation is 1. The van der Waals surface area contributed by atoms with E-state index in [0.717, 1.165) is 12.8 Å². The first-order valence-corrected chi connectivity index (χ1v) is 8.17. The van der Waals surface area contributed by atoms with E-state index in [9.17, 15) is 4.79 Å². The van der Waals surface area contributed by atoms with E-state index in [1.165, 1.54) is 28.1 Å². The maximum absolute atomic E-state index is 11.1. The minimum atomic E-state index is -0.733. The van der Waals surface area contributed by atoms with Gasteiger partial charge in [-0.1, -0.05) is 42.0 Å². The molecule has 0 saturated heterocycles. The quantitative estimate of drug-likeness (QED) is 0.849. The number of aromatic nitrogens is 1. The number of benzene rings is 1. The molecular weight excluding hydrogens is 286 g/mol. The molecule has 1 aromatic carbocycles. The van der Waals surface area contributed by atoms with Crippen molar-refractivity contribution >= 4 is 5.97 Å². The zero-order chi connectivity index (χ0) is 16.4. The van der Waals surface area contributed by atoms with Gasteiger partial charge in [-0.05, 0) is 37.0 Å². The number of allylic oxidation sites excluding steroid dienone is 2. The van der Waals surface area contributed by atoms with Gasteiger partial charge in [0.25, 0.3) is 0 Å². The largest absolute Gasteiger partial charge is 0.481 e. The van der Waals surface area contributed by atoms with Crippen LogP contribution in [0.2, 0.25) is 0 Å². The molecule has 3 heteroatoms. The SMILES string of the molecule is Cc1cccc(C(CCC(=O)O)c2cc3c(n2C)CC=CC3)c1. The topological polar surface area (TPSA) is 42.2 Å². The van der Waals surface area contributed by atoms with E-state index in [-0.39, 0.29) is 12.3 Å². The Morgan fingerprint density at radius 1 is 1.26 bits per heavy atom. The van der Waals surface area contributed by atoms with Crippen molar-refractivity contribution in [3.8, 4) is 0 Å². The number of hydrogen-bond acceptors (Lipinski definition) is 1. The van der Waals surface area contributed by atoms with Gasteiger partial charge < -0.3 is 9.67 Å². The average Bonchev–Trinajstić information content (AvgIpc) is 2.85. The van der Waals surface area contributed by atoms with Gasteiger partial charge in [0.1, 0.15) is 0 Å². The molecule has 1 aromatic heterocycles. The number of aliphatic carboxylic acids is 1. The maximum Gasteiger partial charge on any atom is 0.303 e. The molecule has 3 nitrogen and oxygen atoms in total. The fourth-order valence-corrected chi connectivity index (χ4v) is 3.55. The molecule has 1 N–H and O–H groups in total. The number of nitrogens with zero attached hydrogens (tertiary/aromatic N) is 1. The molecule has 23 heavy (non-hydrogen) atoms. The van der Waals surface area contributed by atoms with E-state index in [1.807, 2.05) is 0 Å². The highest BCUT2D eigenvalue weighted by Crippen LogP contribution is 2.33. The summed E-state index contributed by atoms with van der Waals surface area (Å²) in [6.07, 6.45) is 7.18. The summed E-state index contributed by atoms with van der Waals surface area (Å²) in [7, 11) is 2.11. The second-order valence-electron chi connectivity index (χ2n) is 6.38. The monoisotopic (exact) mass is 309 g/mol. The zero-order valence-corrected chi connectivity index (χ0v) is 13.7. The van der Waals surface area contributed by atoms with Crippen molar-refractivity contribution in [1.29, 1.82) is 0 Å². The van der Waals surface area contributed by atoms with Gasteiger partial charge in [-0.2, -0.15) is 0 Å². The van der Waals surface area contributed by atoms with Crippen LogP contribution in [-0.2, 0) is 24.7 Å². The lowest BCUT2D eigenvalue weighted by atomic mass is 9.90. The summed E-state index contributed by atoms with van der Waals surface area (Å²) in [5.74, 6) is -0.607. The Morgan fingerprint density at radius 2 is 2.04 bits per heavy atom. The van der Waals surface area contributed by atoms with Crippen LogP contribution in [0.25, 0.3) is 0 Å². The van der Waals surface area contributed by atoms with Crippen LogP contribution in [0.1, 0.15) is 46.8 Å². The van der Waals surface area contributed by atoms with Crippen LogP contribution >= 0.6 is 0 Å². The second kappa shape index (κ2) is 6.45. The number of hydrogen-bond donors (Lipinski definition) is 1. The molecule has 120 valence electrons. The van der Waals surface area contributed by atoms with Crippen molar-refractivity contribution in [1.82, 2.24) is 4.57 Å². The summed E-state index contributed by atoms with van der Waals surface area (Å²) >= 11 is 0. The highest BCUT2D eigenvalue weighted by molar-refractivity contribution is 5.66. The molecule has 0 fully saturated rings. The predicted octanol–water partition coefficient (Wildman–Crippen LogP) is 3.99. The van der Waals surface area contributed by atoms with E-state index in [0.29, 0.717) is 6.42 Å². The lowest BCUT2D eigenvalue weighted by Gasteiger charge is -2.19. The van der Waals surface area contributed by atoms with Crippen LogP contribution in [0.5, 0.6) is 0 Å². The molecule has 0 aliphatic heterocycles. The van der Waals surface area contributed by atoms with E-state index in [1.54, 1.807) is 0 Å². The van der Waals surface area contributed by atoms with Crippen LogP contribution in [0, 0.1) is 6.92 Å².